The Bertz CT molecular complexity index is 1190. The Morgan fingerprint density at radius 3 is 2.71 bits per heavy atom. The number of nitrogens with one attached hydrogen (secondary N) is 1. The second kappa shape index (κ2) is 6.56. The molecular formula is C20H20FN7. The van der Waals surface area contributed by atoms with Crippen molar-refractivity contribution in [2.45, 2.75) is 32.6 Å². The molecule has 7 nitrogen and oxygen atoms in total. The zero-order chi connectivity index (χ0) is 19.3. The first-order valence-electron chi connectivity index (χ1n) is 9.47. The van der Waals surface area contributed by atoms with Gasteiger partial charge in [-0.05, 0) is 75.0 Å². The van der Waals surface area contributed by atoms with Crippen LogP contribution in [0.5, 0.6) is 0 Å². The Morgan fingerprint density at radius 2 is 1.89 bits per heavy atom. The van der Waals surface area contributed by atoms with Gasteiger partial charge in [-0.15, -0.1) is 10.2 Å². The lowest BCUT2D eigenvalue weighted by Crippen LogP contribution is -2.26. The van der Waals surface area contributed by atoms with Gasteiger partial charge in [0.25, 0.3) is 0 Å². The fourth-order valence-electron chi connectivity index (χ4n) is 3.87. The summed E-state index contributed by atoms with van der Waals surface area (Å²) in [5.74, 6) is 0.286. The van der Waals surface area contributed by atoms with E-state index in [1.54, 1.807) is 10.6 Å². The molecule has 0 radical (unpaired) electrons. The van der Waals surface area contributed by atoms with Gasteiger partial charge in [-0.3, -0.25) is 0 Å². The first-order valence-corrected chi connectivity index (χ1v) is 9.47. The first-order chi connectivity index (χ1) is 13.6. The number of halogens is 1. The Labute approximate surface area is 161 Å². The molecule has 1 N–H and O–H groups in total. The molecule has 8 heteroatoms. The van der Waals surface area contributed by atoms with Crippen LogP contribution in [0.2, 0.25) is 0 Å². The van der Waals surface area contributed by atoms with Crippen LogP contribution in [0.1, 0.15) is 35.6 Å². The van der Waals surface area contributed by atoms with Crippen molar-refractivity contribution < 1.29 is 4.39 Å². The van der Waals surface area contributed by atoms with Crippen LogP contribution >= 0.6 is 0 Å². The van der Waals surface area contributed by atoms with Crippen LogP contribution in [-0.2, 0) is 0 Å². The summed E-state index contributed by atoms with van der Waals surface area (Å²) in [4.78, 5) is 8.87. The summed E-state index contributed by atoms with van der Waals surface area (Å²) in [5.41, 5.74) is 4.83. The normalized spacial score (nSPS) is 15.5. The largest absolute Gasteiger partial charge is 0.317 e. The Kier molecular flexibility index (Phi) is 4.01. The molecule has 0 bridgehead atoms. The third-order valence-electron chi connectivity index (χ3n) is 5.31. The zero-order valence-electron chi connectivity index (χ0n) is 15.8. The van der Waals surface area contributed by atoms with E-state index in [2.05, 4.69) is 30.6 Å². The molecule has 1 aliphatic rings. The molecule has 28 heavy (non-hydrogen) atoms. The van der Waals surface area contributed by atoms with E-state index >= 15 is 0 Å². The lowest BCUT2D eigenvalue weighted by atomic mass is 9.90. The maximum absolute atomic E-state index is 14.9. The molecule has 4 aromatic rings. The molecule has 1 saturated heterocycles. The molecule has 1 aromatic carbocycles. The molecule has 0 aliphatic carbocycles. The smallest absolute Gasteiger partial charge is 0.202 e. The van der Waals surface area contributed by atoms with Crippen molar-refractivity contribution in [2.75, 3.05) is 13.1 Å². The van der Waals surface area contributed by atoms with Gasteiger partial charge in [-0.2, -0.15) is 5.10 Å². The third kappa shape index (κ3) is 2.90. The molecule has 3 aromatic heterocycles. The van der Waals surface area contributed by atoms with Crippen LogP contribution in [0.25, 0.3) is 28.2 Å². The van der Waals surface area contributed by atoms with Crippen LogP contribution in [-0.4, -0.2) is 42.9 Å². The van der Waals surface area contributed by atoms with Gasteiger partial charge >= 0.3 is 0 Å². The summed E-state index contributed by atoms with van der Waals surface area (Å²) in [6.45, 7) is 5.77. The van der Waals surface area contributed by atoms with E-state index < -0.39 is 0 Å². The van der Waals surface area contributed by atoms with E-state index in [1.165, 1.54) is 0 Å². The van der Waals surface area contributed by atoms with Crippen LogP contribution in [0.3, 0.4) is 0 Å². The minimum Gasteiger partial charge on any atom is -0.317 e. The number of hydrogen-bond donors (Lipinski definition) is 1. The Morgan fingerprint density at radius 1 is 1.07 bits per heavy atom. The third-order valence-corrected chi connectivity index (χ3v) is 5.31. The summed E-state index contributed by atoms with van der Waals surface area (Å²) in [5, 5.41) is 16.3. The first kappa shape index (κ1) is 17.1. The Balaban J connectivity index is 1.59. The fraction of sp³-hybridized carbons (Fsp3) is 0.350. The van der Waals surface area contributed by atoms with E-state index in [9.17, 15) is 4.39 Å². The molecule has 0 spiro atoms. The van der Waals surface area contributed by atoms with E-state index in [4.69, 9.17) is 0 Å². The number of nitrogens with zero attached hydrogens (tertiary/aromatic N) is 6. The number of aromatic nitrogens is 6. The van der Waals surface area contributed by atoms with Crippen molar-refractivity contribution in [1.29, 1.82) is 0 Å². The van der Waals surface area contributed by atoms with Crippen LogP contribution in [0.4, 0.5) is 4.39 Å². The summed E-state index contributed by atoms with van der Waals surface area (Å²) in [6.07, 6.45) is 3.83. The molecule has 0 amide bonds. The van der Waals surface area contributed by atoms with Gasteiger partial charge in [0.15, 0.2) is 11.5 Å². The molecule has 0 saturated carbocycles. The van der Waals surface area contributed by atoms with Crippen molar-refractivity contribution in [2.24, 2.45) is 0 Å². The highest BCUT2D eigenvalue weighted by Crippen LogP contribution is 2.29. The summed E-state index contributed by atoms with van der Waals surface area (Å²) >= 11 is 0. The molecular weight excluding hydrogens is 357 g/mol. The molecule has 1 aliphatic heterocycles. The molecule has 1 fully saturated rings. The highest BCUT2D eigenvalue weighted by molar-refractivity contribution is 5.77. The molecule has 0 atom stereocenters. The lowest BCUT2D eigenvalue weighted by Gasteiger charge is -2.23. The average molecular weight is 377 g/mol. The predicted molar refractivity (Wildman–Crippen MR) is 104 cm³/mol. The molecule has 5 rings (SSSR count). The minimum absolute atomic E-state index is 0.226. The van der Waals surface area contributed by atoms with Crippen LogP contribution < -0.4 is 5.32 Å². The van der Waals surface area contributed by atoms with Gasteiger partial charge in [0.05, 0.1) is 11.9 Å². The topological polar surface area (TPSA) is 80.9 Å². The fourth-order valence-corrected chi connectivity index (χ4v) is 3.87. The summed E-state index contributed by atoms with van der Waals surface area (Å²) in [6, 6.07) is 5.36. The molecule has 4 heterocycles. The SMILES string of the molecule is Cc1cn2nc(-c3nnc4cc(C5CCNCC5)cc(F)c4n3)cc(C)c2n1. The lowest BCUT2D eigenvalue weighted by molar-refractivity contribution is 0.459. The van der Waals surface area contributed by atoms with Crippen LogP contribution in [0.15, 0.2) is 24.4 Å². The van der Waals surface area contributed by atoms with Crippen LogP contribution in [0, 0.1) is 19.7 Å². The van der Waals surface area contributed by atoms with Crippen molar-refractivity contribution in [3.63, 3.8) is 0 Å². The minimum atomic E-state index is -0.363. The van der Waals surface area contributed by atoms with Crippen molar-refractivity contribution in [3.8, 4) is 11.5 Å². The van der Waals surface area contributed by atoms with Gasteiger partial charge in [0.2, 0.25) is 5.82 Å². The monoisotopic (exact) mass is 377 g/mol. The average Bonchev–Trinajstić information content (AvgIpc) is 3.09. The molecule has 0 unspecified atom stereocenters. The molecule has 142 valence electrons. The highest BCUT2D eigenvalue weighted by atomic mass is 19.1. The van der Waals surface area contributed by atoms with Gasteiger partial charge < -0.3 is 5.32 Å². The van der Waals surface area contributed by atoms with E-state index in [0.717, 1.165) is 48.4 Å². The standard InChI is InChI=1S/C20H20FN7/c1-11-7-17(27-28-10-12(2)23-20(11)28)19-24-18-15(21)8-14(9-16(18)25-26-19)13-3-5-22-6-4-13/h7-10,13,22H,3-6H2,1-2H3. The quantitative estimate of drug-likeness (QED) is 0.578. The van der Waals surface area contributed by atoms with Gasteiger partial charge in [0.1, 0.15) is 16.7 Å². The van der Waals surface area contributed by atoms with Gasteiger partial charge in [-0.1, -0.05) is 0 Å². The van der Waals surface area contributed by atoms with Crippen molar-refractivity contribution >= 4 is 16.7 Å². The zero-order valence-corrected chi connectivity index (χ0v) is 15.8. The predicted octanol–water partition coefficient (Wildman–Crippen LogP) is 2.96. The second-order valence-electron chi connectivity index (χ2n) is 7.39. The number of benzene rings is 1. The number of rotatable bonds is 2. The number of fused-ring (bicyclic) bond motifs is 2. The Hall–Kier alpha value is -3.00. The van der Waals surface area contributed by atoms with Crippen molar-refractivity contribution in [1.82, 2.24) is 35.1 Å². The summed E-state index contributed by atoms with van der Waals surface area (Å²) < 4.78 is 16.6. The maximum Gasteiger partial charge on any atom is 0.202 e. The van der Waals surface area contributed by atoms with E-state index in [0.29, 0.717) is 23.0 Å². The van der Waals surface area contributed by atoms with E-state index in [1.807, 2.05) is 32.2 Å². The number of aryl methyl sites for hydroxylation is 2. The maximum atomic E-state index is 14.9. The highest BCUT2D eigenvalue weighted by Gasteiger charge is 2.19. The number of piperidine rings is 1. The van der Waals surface area contributed by atoms with Gasteiger partial charge in [-0.25, -0.2) is 18.9 Å². The van der Waals surface area contributed by atoms with Crippen molar-refractivity contribution in [3.05, 3.63) is 47.0 Å². The van der Waals surface area contributed by atoms with Gasteiger partial charge in [0, 0.05) is 0 Å². The second-order valence-corrected chi connectivity index (χ2v) is 7.39. The number of hydrogen-bond acceptors (Lipinski definition) is 6. The van der Waals surface area contributed by atoms with E-state index in [-0.39, 0.29) is 11.3 Å². The summed E-state index contributed by atoms with van der Waals surface area (Å²) in [7, 11) is 0. The number of imidazole rings is 1.